The van der Waals surface area contributed by atoms with Crippen LogP contribution < -0.4 is 9.47 Å². The molecular formula is C25H30N2O3. The molecule has 2 atom stereocenters. The van der Waals surface area contributed by atoms with Crippen molar-refractivity contribution in [1.29, 1.82) is 0 Å². The minimum Gasteiger partial charge on any atom is -0.497 e. The smallest absolute Gasteiger partial charge is 0.147 e. The Hall–Kier alpha value is -2.92. The van der Waals surface area contributed by atoms with Gasteiger partial charge in [-0.15, -0.1) is 0 Å². The van der Waals surface area contributed by atoms with Gasteiger partial charge in [0.05, 0.1) is 24.4 Å². The highest BCUT2D eigenvalue weighted by molar-refractivity contribution is 5.89. The molecule has 0 radical (unpaired) electrons. The van der Waals surface area contributed by atoms with Gasteiger partial charge in [0.2, 0.25) is 0 Å². The molecule has 1 saturated heterocycles. The fourth-order valence-corrected chi connectivity index (χ4v) is 3.85. The first-order chi connectivity index (χ1) is 14.5. The van der Waals surface area contributed by atoms with Crippen LogP contribution >= 0.6 is 0 Å². The predicted octanol–water partition coefficient (Wildman–Crippen LogP) is 4.98. The first kappa shape index (κ1) is 21.8. The summed E-state index contributed by atoms with van der Waals surface area (Å²) in [5.74, 6) is 1.73. The lowest BCUT2D eigenvalue weighted by molar-refractivity contribution is -0.120. The summed E-state index contributed by atoms with van der Waals surface area (Å²) in [7, 11) is 3.62. The number of ether oxygens (including phenoxy) is 2. The highest BCUT2D eigenvalue weighted by Crippen LogP contribution is 2.34. The fourth-order valence-electron chi connectivity index (χ4n) is 3.85. The molecule has 5 nitrogen and oxygen atoms in total. The fraction of sp³-hybridized carbons (Fsp3) is 0.360. The molecule has 0 saturated carbocycles. The summed E-state index contributed by atoms with van der Waals surface area (Å²) in [5, 5.41) is 0.939. The average molecular weight is 407 g/mol. The van der Waals surface area contributed by atoms with E-state index in [4.69, 9.17) is 14.5 Å². The molecule has 3 aromatic rings. The van der Waals surface area contributed by atoms with Gasteiger partial charge in [0.15, 0.2) is 0 Å². The maximum Gasteiger partial charge on any atom is 0.147 e. The Morgan fingerprint density at radius 3 is 2.47 bits per heavy atom. The third-order valence-electron chi connectivity index (χ3n) is 5.32. The number of hydrogen-bond donors (Lipinski definition) is 0. The number of likely N-dealkylation sites (tertiary alicyclic amines) is 1. The predicted molar refractivity (Wildman–Crippen MR) is 121 cm³/mol. The highest BCUT2D eigenvalue weighted by Gasteiger charge is 2.34. The lowest BCUT2D eigenvalue weighted by atomic mass is 10.1. The van der Waals surface area contributed by atoms with Gasteiger partial charge in [-0.2, -0.15) is 0 Å². The van der Waals surface area contributed by atoms with Gasteiger partial charge >= 0.3 is 0 Å². The van der Waals surface area contributed by atoms with Crippen molar-refractivity contribution in [2.75, 3.05) is 20.7 Å². The van der Waals surface area contributed by atoms with Gasteiger partial charge in [0.25, 0.3) is 0 Å². The summed E-state index contributed by atoms with van der Waals surface area (Å²) in [6.07, 6.45) is 0.669. The molecule has 4 rings (SSSR count). The zero-order valence-electron chi connectivity index (χ0n) is 18.4. The molecule has 1 aliphatic rings. The summed E-state index contributed by atoms with van der Waals surface area (Å²) in [6, 6.07) is 17.8. The van der Waals surface area contributed by atoms with Gasteiger partial charge in [-0.05, 0) is 26.1 Å². The van der Waals surface area contributed by atoms with Crippen molar-refractivity contribution in [3.05, 3.63) is 54.6 Å². The SMILES string of the molecule is CC.COc1ccc2c(OC3CC(C(C)=O)N(C)C3)cc(-c3ccccc3)nc2c1. The lowest BCUT2D eigenvalue weighted by Crippen LogP contribution is -2.31. The van der Waals surface area contributed by atoms with E-state index in [0.29, 0.717) is 6.42 Å². The maximum atomic E-state index is 11.9. The number of ketones is 1. The second-order valence-electron chi connectivity index (χ2n) is 7.30. The van der Waals surface area contributed by atoms with Crippen LogP contribution in [0.1, 0.15) is 27.2 Å². The molecule has 158 valence electrons. The Morgan fingerprint density at radius 1 is 1.10 bits per heavy atom. The van der Waals surface area contributed by atoms with Crippen molar-refractivity contribution in [2.24, 2.45) is 0 Å². The monoisotopic (exact) mass is 406 g/mol. The number of likely N-dealkylation sites (N-methyl/N-ethyl adjacent to an activating group) is 1. The molecule has 1 aliphatic heterocycles. The highest BCUT2D eigenvalue weighted by atomic mass is 16.5. The third-order valence-corrected chi connectivity index (χ3v) is 5.32. The van der Waals surface area contributed by atoms with E-state index in [1.54, 1.807) is 14.0 Å². The number of benzene rings is 2. The third kappa shape index (κ3) is 4.62. The van der Waals surface area contributed by atoms with E-state index in [9.17, 15) is 4.79 Å². The Balaban J connectivity index is 0.00000124. The minimum atomic E-state index is -0.0770. The molecule has 0 N–H and O–H groups in total. The Morgan fingerprint density at radius 2 is 1.83 bits per heavy atom. The van der Waals surface area contributed by atoms with Crippen molar-refractivity contribution in [3.8, 4) is 22.8 Å². The van der Waals surface area contributed by atoms with E-state index in [-0.39, 0.29) is 17.9 Å². The van der Waals surface area contributed by atoms with Gasteiger partial charge in [-0.25, -0.2) is 4.98 Å². The number of Topliss-reactive ketones (excluding diaryl/α,β-unsaturated/α-hetero) is 1. The van der Waals surface area contributed by atoms with Crippen molar-refractivity contribution in [2.45, 2.75) is 39.3 Å². The number of carbonyl (C=O) groups is 1. The largest absolute Gasteiger partial charge is 0.497 e. The van der Waals surface area contributed by atoms with Crippen LogP contribution in [0.25, 0.3) is 22.2 Å². The molecule has 2 unspecified atom stereocenters. The summed E-state index contributed by atoms with van der Waals surface area (Å²) in [4.78, 5) is 18.7. The number of aromatic nitrogens is 1. The number of fused-ring (bicyclic) bond motifs is 1. The minimum absolute atomic E-state index is 0.0322. The zero-order chi connectivity index (χ0) is 21.7. The molecule has 1 aromatic heterocycles. The van der Waals surface area contributed by atoms with Crippen LogP contribution in [0, 0.1) is 0 Å². The average Bonchev–Trinajstić information content (AvgIpc) is 3.15. The molecule has 2 aromatic carbocycles. The maximum absolute atomic E-state index is 11.9. The van der Waals surface area contributed by atoms with Crippen molar-refractivity contribution >= 4 is 16.7 Å². The van der Waals surface area contributed by atoms with Crippen LogP contribution in [-0.2, 0) is 4.79 Å². The summed E-state index contributed by atoms with van der Waals surface area (Å²) in [5.41, 5.74) is 2.71. The van der Waals surface area contributed by atoms with Crippen LogP contribution in [0.5, 0.6) is 11.5 Å². The van der Waals surface area contributed by atoms with Crippen LogP contribution in [-0.4, -0.2) is 48.5 Å². The van der Waals surface area contributed by atoms with Gasteiger partial charge in [0, 0.05) is 36.0 Å². The molecule has 0 aliphatic carbocycles. The van der Waals surface area contributed by atoms with Crippen LogP contribution in [0.15, 0.2) is 54.6 Å². The summed E-state index contributed by atoms with van der Waals surface area (Å²) in [6.45, 7) is 6.37. The first-order valence-corrected chi connectivity index (χ1v) is 10.5. The van der Waals surface area contributed by atoms with E-state index in [2.05, 4.69) is 4.90 Å². The first-order valence-electron chi connectivity index (χ1n) is 10.5. The van der Waals surface area contributed by atoms with Gasteiger partial charge in [-0.3, -0.25) is 9.69 Å². The van der Waals surface area contributed by atoms with E-state index in [1.165, 1.54) is 0 Å². The molecule has 5 heteroatoms. The normalized spacial score (nSPS) is 18.6. The van der Waals surface area contributed by atoms with E-state index in [1.807, 2.05) is 75.5 Å². The second kappa shape index (κ2) is 9.72. The van der Waals surface area contributed by atoms with E-state index in [0.717, 1.165) is 40.2 Å². The number of hydrogen-bond acceptors (Lipinski definition) is 5. The van der Waals surface area contributed by atoms with Crippen molar-refractivity contribution in [3.63, 3.8) is 0 Å². The topological polar surface area (TPSA) is 51.7 Å². The lowest BCUT2D eigenvalue weighted by Gasteiger charge is -2.17. The molecule has 1 fully saturated rings. The van der Waals surface area contributed by atoms with Crippen molar-refractivity contribution in [1.82, 2.24) is 9.88 Å². The number of carbonyl (C=O) groups excluding carboxylic acids is 1. The van der Waals surface area contributed by atoms with Crippen LogP contribution in [0.3, 0.4) is 0 Å². The zero-order valence-corrected chi connectivity index (χ0v) is 18.4. The quantitative estimate of drug-likeness (QED) is 0.598. The Labute approximate surface area is 178 Å². The Kier molecular flexibility index (Phi) is 7.06. The van der Waals surface area contributed by atoms with E-state index >= 15 is 0 Å². The molecule has 0 bridgehead atoms. The standard InChI is InChI=1S/C23H24N2O3.C2H6/c1-15(26)22-12-18(14-25(22)2)28-23-13-20(16-7-5-4-6-8-16)24-21-11-17(27-3)9-10-19(21)23;1-2/h4-11,13,18,22H,12,14H2,1-3H3;1-2H3. The summed E-state index contributed by atoms with van der Waals surface area (Å²) >= 11 is 0. The Bertz CT molecular complexity index is 1000. The van der Waals surface area contributed by atoms with Gasteiger partial charge in [-0.1, -0.05) is 44.2 Å². The van der Waals surface area contributed by atoms with Gasteiger partial charge < -0.3 is 9.47 Å². The molecule has 30 heavy (non-hydrogen) atoms. The van der Waals surface area contributed by atoms with Crippen molar-refractivity contribution < 1.29 is 14.3 Å². The number of pyridine rings is 1. The van der Waals surface area contributed by atoms with Gasteiger partial charge in [0.1, 0.15) is 23.4 Å². The number of methoxy groups -OCH3 is 1. The van der Waals surface area contributed by atoms with Crippen LogP contribution in [0.4, 0.5) is 0 Å². The molecule has 0 amide bonds. The summed E-state index contributed by atoms with van der Waals surface area (Å²) < 4.78 is 11.8. The van der Waals surface area contributed by atoms with E-state index < -0.39 is 0 Å². The number of rotatable bonds is 5. The second-order valence-corrected chi connectivity index (χ2v) is 7.30. The molecule has 0 spiro atoms. The van der Waals surface area contributed by atoms with Crippen LogP contribution in [0.2, 0.25) is 0 Å². The molecular weight excluding hydrogens is 376 g/mol. The number of nitrogens with zero attached hydrogens (tertiary/aromatic N) is 2. The molecule has 2 heterocycles.